The average molecular weight is 340 g/mol. The number of halogens is 1. The minimum absolute atomic E-state index is 0.121. The predicted octanol–water partition coefficient (Wildman–Crippen LogP) is 2.28. The zero-order valence-electron chi connectivity index (χ0n) is 13.1. The maximum atomic E-state index is 11.8. The molecule has 0 saturated heterocycles. The molecule has 0 aliphatic carbocycles. The van der Waals surface area contributed by atoms with Crippen molar-refractivity contribution in [3.8, 4) is 5.75 Å². The third-order valence-corrected chi connectivity index (χ3v) is 3.48. The second-order valence-electron chi connectivity index (χ2n) is 5.24. The van der Waals surface area contributed by atoms with Crippen LogP contribution >= 0.6 is 11.6 Å². The number of carbonyl (C=O) groups excluding carboxylic acids is 1. The van der Waals surface area contributed by atoms with Crippen molar-refractivity contribution in [3.05, 3.63) is 39.2 Å². The Morgan fingerprint density at radius 3 is 2.83 bits per heavy atom. The number of rotatable bonds is 6. The van der Waals surface area contributed by atoms with Crippen LogP contribution in [0.25, 0.3) is 11.0 Å². The van der Waals surface area contributed by atoms with Crippen LogP contribution in [0.5, 0.6) is 5.75 Å². The van der Waals surface area contributed by atoms with Crippen LogP contribution in [0, 0.1) is 6.92 Å². The Bertz CT molecular complexity index is 771. The second kappa shape index (κ2) is 7.48. The van der Waals surface area contributed by atoms with Gasteiger partial charge in [-0.1, -0.05) is 11.6 Å². The van der Waals surface area contributed by atoms with Crippen molar-refractivity contribution in [1.82, 2.24) is 5.32 Å². The lowest BCUT2D eigenvalue weighted by atomic mass is 10.1. The Morgan fingerprint density at radius 2 is 2.13 bits per heavy atom. The fourth-order valence-corrected chi connectivity index (χ4v) is 2.40. The van der Waals surface area contributed by atoms with Gasteiger partial charge < -0.3 is 19.2 Å². The predicted molar refractivity (Wildman–Crippen MR) is 87.2 cm³/mol. The smallest absolute Gasteiger partial charge is 0.336 e. The van der Waals surface area contributed by atoms with Crippen LogP contribution in [0.1, 0.15) is 12.5 Å². The van der Waals surface area contributed by atoms with E-state index in [9.17, 15) is 9.59 Å². The number of hydrogen-bond acceptors (Lipinski definition) is 5. The van der Waals surface area contributed by atoms with Crippen molar-refractivity contribution in [3.63, 3.8) is 0 Å². The van der Waals surface area contributed by atoms with Gasteiger partial charge in [-0.2, -0.15) is 0 Å². The van der Waals surface area contributed by atoms with Crippen LogP contribution in [0.4, 0.5) is 0 Å². The summed E-state index contributed by atoms with van der Waals surface area (Å²) in [6, 6.07) is 4.43. The van der Waals surface area contributed by atoms with Gasteiger partial charge in [0.05, 0.1) is 11.6 Å². The summed E-state index contributed by atoms with van der Waals surface area (Å²) < 4.78 is 15.5. The van der Waals surface area contributed by atoms with Crippen LogP contribution in [-0.2, 0) is 9.53 Å². The standard InChI is InChI=1S/C16H18ClNO5/c1-9-4-16(20)23-13-6-14(12(17)5-11(9)13)22-8-15(19)18-10(2)7-21-3/h4-6,10H,7-8H2,1-3H3,(H,18,19). The van der Waals surface area contributed by atoms with E-state index in [2.05, 4.69) is 5.32 Å². The van der Waals surface area contributed by atoms with Gasteiger partial charge in [0.2, 0.25) is 0 Å². The topological polar surface area (TPSA) is 77.8 Å². The monoisotopic (exact) mass is 339 g/mol. The molecule has 0 radical (unpaired) electrons. The van der Waals surface area contributed by atoms with Gasteiger partial charge in [-0.3, -0.25) is 4.79 Å². The summed E-state index contributed by atoms with van der Waals surface area (Å²) >= 11 is 6.16. The molecule has 0 spiro atoms. The molecule has 6 nitrogen and oxygen atoms in total. The van der Waals surface area contributed by atoms with Crippen molar-refractivity contribution >= 4 is 28.5 Å². The summed E-state index contributed by atoms with van der Waals surface area (Å²) in [6.45, 7) is 3.82. The molecule has 2 aromatic rings. The molecule has 0 fully saturated rings. The lowest BCUT2D eigenvalue weighted by Crippen LogP contribution is -2.38. The lowest BCUT2D eigenvalue weighted by Gasteiger charge is -2.14. The van der Waals surface area contributed by atoms with E-state index < -0.39 is 5.63 Å². The number of benzene rings is 1. The maximum Gasteiger partial charge on any atom is 0.336 e. The van der Waals surface area contributed by atoms with Crippen molar-refractivity contribution in [2.24, 2.45) is 0 Å². The Morgan fingerprint density at radius 1 is 1.39 bits per heavy atom. The second-order valence-corrected chi connectivity index (χ2v) is 5.65. The molecular weight excluding hydrogens is 322 g/mol. The molecule has 1 unspecified atom stereocenters. The first-order chi connectivity index (χ1) is 10.9. The van der Waals surface area contributed by atoms with E-state index in [1.165, 1.54) is 12.1 Å². The summed E-state index contributed by atoms with van der Waals surface area (Å²) in [5.74, 6) is -0.0149. The largest absolute Gasteiger partial charge is 0.482 e. The van der Waals surface area contributed by atoms with Gasteiger partial charge >= 0.3 is 5.63 Å². The van der Waals surface area contributed by atoms with E-state index in [-0.39, 0.29) is 24.3 Å². The van der Waals surface area contributed by atoms with Crippen molar-refractivity contribution < 1.29 is 18.7 Å². The van der Waals surface area contributed by atoms with Gasteiger partial charge in [0.15, 0.2) is 6.61 Å². The van der Waals surface area contributed by atoms with E-state index in [0.717, 1.165) is 10.9 Å². The molecule has 0 saturated carbocycles. The van der Waals surface area contributed by atoms with E-state index in [4.69, 9.17) is 25.5 Å². The summed E-state index contributed by atoms with van der Waals surface area (Å²) in [5, 5.41) is 3.78. The normalized spacial score (nSPS) is 12.2. The molecule has 0 aliphatic rings. The maximum absolute atomic E-state index is 11.8. The molecule has 23 heavy (non-hydrogen) atoms. The van der Waals surface area contributed by atoms with Crippen LogP contribution < -0.4 is 15.7 Å². The highest BCUT2D eigenvalue weighted by molar-refractivity contribution is 6.32. The third kappa shape index (κ3) is 4.46. The minimum Gasteiger partial charge on any atom is -0.482 e. The lowest BCUT2D eigenvalue weighted by molar-refractivity contribution is -0.124. The number of amides is 1. The van der Waals surface area contributed by atoms with Gasteiger partial charge in [-0.15, -0.1) is 0 Å². The Balaban J connectivity index is 2.13. The molecule has 1 heterocycles. The molecule has 1 aromatic heterocycles. The summed E-state index contributed by atoms with van der Waals surface area (Å²) in [4.78, 5) is 23.2. The van der Waals surface area contributed by atoms with Gasteiger partial charge in [0, 0.05) is 30.7 Å². The molecule has 1 aromatic carbocycles. The number of ether oxygens (including phenoxy) is 2. The number of aryl methyl sites for hydroxylation is 1. The Hall–Kier alpha value is -2.05. The summed E-state index contributed by atoms with van der Waals surface area (Å²) in [5.41, 5.74) is 0.674. The Kier molecular flexibility index (Phi) is 5.63. The van der Waals surface area contributed by atoms with E-state index in [1.807, 2.05) is 6.92 Å². The first-order valence-corrected chi connectivity index (χ1v) is 7.43. The fourth-order valence-electron chi connectivity index (χ4n) is 2.18. The van der Waals surface area contributed by atoms with Crippen LogP contribution in [0.15, 0.2) is 27.4 Å². The fraction of sp³-hybridized carbons (Fsp3) is 0.375. The third-order valence-electron chi connectivity index (χ3n) is 3.19. The van der Waals surface area contributed by atoms with Gasteiger partial charge in [0.1, 0.15) is 11.3 Å². The number of methoxy groups -OCH3 is 1. The van der Waals surface area contributed by atoms with Crippen molar-refractivity contribution in [2.75, 3.05) is 20.3 Å². The highest BCUT2D eigenvalue weighted by Gasteiger charge is 2.12. The molecule has 1 N–H and O–H groups in total. The number of fused-ring (bicyclic) bond motifs is 1. The van der Waals surface area contributed by atoms with E-state index in [0.29, 0.717) is 17.2 Å². The molecule has 2 rings (SSSR count). The molecule has 0 bridgehead atoms. The quantitative estimate of drug-likeness (QED) is 0.817. The van der Waals surface area contributed by atoms with Crippen molar-refractivity contribution in [1.29, 1.82) is 0 Å². The first kappa shape index (κ1) is 17.3. The Labute approximate surface area is 138 Å². The van der Waals surface area contributed by atoms with Crippen LogP contribution in [0.2, 0.25) is 5.02 Å². The molecule has 0 aliphatic heterocycles. The first-order valence-electron chi connectivity index (χ1n) is 7.06. The van der Waals surface area contributed by atoms with Crippen molar-refractivity contribution in [2.45, 2.75) is 19.9 Å². The molecule has 124 valence electrons. The number of hydrogen-bond donors (Lipinski definition) is 1. The SMILES string of the molecule is COCC(C)NC(=O)COc1cc2oc(=O)cc(C)c2cc1Cl. The van der Waals surface area contributed by atoms with E-state index in [1.54, 1.807) is 20.1 Å². The highest BCUT2D eigenvalue weighted by Crippen LogP contribution is 2.30. The summed E-state index contributed by atoms with van der Waals surface area (Å²) in [7, 11) is 1.56. The highest BCUT2D eigenvalue weighted by atomic mass is 35.5. The van der Waals surface area contributed by atoms with E-state index >= 15 is 0 Å². The molecule has 7 heteroatoms. The molecule has 1 amide bonds. The number of carbonyl (C=O) groups is 1. The summed E-state index contributed by atoms with van der Waals surface area (Å²) in [6.07, 6.45) is 0. The number of nitrogens with one attached hydrogen (secondary N) is 1. The minimum atomic E-state index is -0.450. The molecule has 1 atom stereocenters. The van der Waals surface area contributed by atoms with Gasteiger partial charge in [-0.05, 0) is 25.5 Å². The van der Waals surface area contributed by atoms with Crippen LogP contribution in [0.3, 0.4) is 0 Å². The molecular formula is C16H18ClNO5. The van der Waals surface area contributed by atoms with Gasteiger partial charge in [0.25, 0.3) is 5.91 Å². The zero-order chi connectivity index (χ0) is 17.0. The van der Waals surface area contributed by atoms with Gasteiger partial charge in [-0.25, -0.2) is 4.79 Å². The van der Waals surface area contributed by atoms with Crippen LogP contribution in [-0.4, -0.2) is 32.3 Å². The average Bonchev–Trinajstić information content (AvgIpc) is 2.46. The zero-order valence-corrected chi connectivity index (χ0v) is 13.9.